The number of carboxylic acids is 1. The van der Waals surface area contributed by atoms with Crippen molar-refractivity contribution in [3.8, 4) is 0 Å². The topological polar surface area (TPSA) is 67.2 Å². The van der Waals surface area contributed by atoms with E-state index in [2.05, 4.69) is 16.8 Å². The Hall–Kier alpha value is -2.63. The van der Waals surface area contributed by atoms with Crippen molar-refractivity contribution >= 4 is 17.6 Å². The first-order valence-corrected chi connectivity index (χ1v) is 11.5. The summed E-state index contributed by atoms with van der Waals surface area (Å²) in [6.45, 7) is 6.50. The van der Waals surface area contributed by atoms with Crippen LogP contribution in [0.2, 0.25) is 5.02 Å². The van der Waals surface area contributed by atoms with E-state index < -0.39 is 11.5 Å². The van der Waals surface area contributed by atoms with Crippen molar-refractivity contribution in [2.45, 2.75) is 64.6 Å². The van der Waals surface area contributed by atoms with Crippen LogP contribution in [0.4, 0.5) is 0 Å². The van der Waals surface area contributed by atoms with Gasteiger partial charge in [-0.3, -0.25) is 10.1 Å². The number of rotatable bonds is 11. The number of carbonyl (C=O) groups is 1. The fourth-order valence-electron chi connectivity index (χ4n) is 4.03. The molecule has 0 fully saturated rings. The maximum absolute atomic E-state index is 12.3. The van der Waals surface area contributed by atoms with Crippen molar-refractivity contribution in [3.63, 3.8) is 0 Å². The molecular formula is C26H32ClN3O2. The second kappa shape index (κ2) is 10.8. The molecule has 32 heavy (non-hydrogen) atoms. The first-order valence-electron chi connectivity index (χ1n) is 11.2. The summed E-state index contributed by atoms with van der Waals surface area (Å²) >= 11 is 6.44. The number of halogens is 1. The number of imidazole rings is 1. The zero-order valence-corrected chi connectivity index (χ0v) is 19.8. The first kappa shape index (κ1) is 24.0. The van der Waals surface area contributed by atoms with E-state index in [0.29, 0.717) is 18.0 Å². The second-order valence-electron chi connectivity index (χ2n) is 8.55. The van der Waals surface area contributed by atoms with Crippen LogP contribution in [-0.2, 0) is 24.2 Å². The molecule has 0 radical (unpaired) electrons. The predicted molar refractivity (Wildman–Crippen MR) is 129 cm³/mol. The number of nitrogens with zero attached hydrogens (tertiary/aromatic N) is 2. The molecule has 0 aliphatic carbocycles. The third-order valence-electron chi connectivity index (χ3n) is 5.86. The van der Waals surface area contributed by atoms with Gasteiger partial charge in [0.15, 0.2) is 0 Å². The standard InChI is InChI=1S/C26H32ClN3O2/c1-4-5-15-24-28-17-23(30(24)18-21-13-9-10-14-22(21)27)19(2)29-26(3,25(31)32)16-20-11-7-6-8-12-20/h6-14,17,19,29H,4-5,15-16,18H2,1-3H3,(H,31,32). The highest BCUT2D eigenvalue weighted by atomic mass is 35.5. The fraction of sp³-hybridized carbons (Fsp3) is 0.385. The van der Waals surface area contributed by atoms with Crippen molar-refractivity contribution in [1.29, 1.82) is 0 Å². The van der Waals surface area contributed by atoms with Gasteiger partial charge in [0.2, 0.25) is 0 Å². The van der Waals surface area contributed by atoms with E-state index in [4.69, 9.17) is 16.6 Å². The van der Waals surface area contributed by atoms with Gasteiger partial charge in [-0.05, 0) is 37.5 Å². The molecule has 6 heteroatoms. The van der Waals surface area contributed by atoms with Crippen LogP contribution in [0.25, 0.3) is 0 Å². The van der Waals surface area contributed by atoms with E-state index in [9.17, 15) is 9.90 Å². The number of benzene rings is 2. The Morgan fingerprint density at radius 2 is 1.88 bits per heavy atom. The molecule has 0 saturated carbocycles. The Balaban J connectivity index is 1.90. The molecule has 2 N–H and O–H groups in total. The van der Waals surface area contributed by atoms with Gasteiger partial charge in [-0.15, -0.1) is 0 Å². The van der Waals surface area contributed by atoms with Crippen molar-refractivity contribution < 1.29 is 9.90 Å². The molecule has 2 atom stereocenters. The molecule has 2 aromatic carbocycles. The third kappa shape index (κ3) is 5.78. The number of nitrogens with one attached hydrogen (secondary N) is 1. The van der Waals surface area contributed by atoms with Crippen LogP contribution in [-0.4, -0.2) is 26.2 Å². The van der Waals surface area contributed by atoms with E-state index in [1.54, 1.807) is 6.92 Å². The number of hydrogen-bond donors (Lipinski definition) is 2. The summed E-state index contributed by atoms with van der Waals surface area (Å²) in [5.41, 5.74) is 1.83. The van der Waals surface area contributed by atoms with Gasteiger partial charge < -0.3 is 9.67 Å². The van der Waals surface area contributed by atoms with Crippen LogP contribution in [0, 0.1) is 0 Å². The lowest BCUT2D eigenvalue weighted by Crippen LogP contribution is -2.52. The Bertz CT molecular complexity index is 1030. The highest BCUT2D eigenvalue weighted by Crippen LogP contribution is 2.25. The van der Waals surface area contributed by atoms with Gasteiger partial charge in [0.05, 0.1) is 18.4 Å². The number of unbranched alkanes of at least 4 members (excludes halogenated alkanes) is 1. The molecule has 3 aromatic rings. The van der Waals surface area contributed by atoms with Crippen LogP contribution in [0.3, 0.4) is 0 Å². The normalized spacial score (nSPS) is 14.1. The molecular weight excluding hydrogens is 422 g/mol. The molecule has 3 rings (SSSR count). The molecule has 0 aliphatic heterocycles. The average molecular weight is 454 g/mol. The molecule has 0 spiro atoms. The summed E-state index contributed by atoms with van der Waals surface area (Å²) < 4.78 is 2.18. The van der Waals surface area contributed by atoms with E-state index in [0.717, 1.165) is 41.9 Å². The van der Waals surface area contributed by atoms with Crippen LogP contribution in [0.15, 0.2) is 60.8 Å². The van der Waals surface area contributed by atoms with Crippen molar-refractivity contribution in [2.24, 2.45) is 0 Å². The quantitative estimate of drug-likeness (QED) is 0.393. The van der Waals surface area contributed by atoms with Crippen LogP contribution in [0.1, 0.15) is 62.3 Å². The van der Waals surface area contributed by atoms with Gasteiger partial charge in [0.25, 0.3) is 0 Å². The summed E-state index contributed by atoms with van der Waals surface area (Å²) in [5.74, 6) is 0.118. The van der Waals surface area contributed by atoms with Gasteiger partial charge in [-0.2, -0.15) is 0 Å². The van der Waals surface area contributed by atoms with E-state index in [1.165, 1.54) is 0 Å². The lowest BCUT2D eigenvalue weighted by Gasteiger charge is -2.31. The van der Waals surface area contributed by atoms with E-state index >= 15 is 0 Å². The fourth-order valence-corrected chi connectivity index (χ4v) is 4.23. The Morgan fingerprint density at radius 3 is 2.53 bits per heavy atom. The van der Waals surface area contributed by atoms with Gasteiger partial charge in [0.1, 0.15) is 11.4 Å². The first-order chi connectivity index (χ1) is 15.3. The zero-order chi connectivity index (χ0) is 23.1. The highest BCUT2D eigenvalue weighted by molar-refractivity contribution is 6.31. The largest absolute Gasteiger partial charge is 0.480 e. The third-order valence-corrected chi connectivity index (χ3v) is 6.23. The van der Waals surface area contributed by atoms with E-state index in [-0.39, 0.29) is 6.04 Å². The van der Waals surface area contributed by atoms with Crippen molar-refractivity contribution in [2.75, 3.05) is 0 Å². The van der Waals surface area contributed by atoms with Gasteiger partial charge in [0, 0.05) is 23.9 Å². The minimum Gasteiger partial charge on any atom is -0.480 e. The molecule has 0 aliphatic rings. The summed E-state index contributed by atoms with van der Waals surface area (Å²) in [7, 11) is 0. The van der Waals surface area contributed by atoms with Crippen molar-refractivity contribution in [1.82, 2.24) is 14.9 Å². The Kier molecular flexibility index (Phi) is 8.10. The zero-order valence-electron chi connectivity index (χ0n) is 19.0. The van der Waals surface area contributed by atoms with E-state index in [1.807, 2.05) is 67.7 Å². The van der Waals surface area contributed by atoms with Gasteiger partial charge in [-0.1, -0.05) is 73.5 Å². The molecule has 5 nitrogen and oxygen atoms in total. The second-order valence-corrected chi connectivity index (χ2v) is 8.95. The average Bonchev–Trinajstić information content (AvgIpc) is 3.17. The molecule has 0 bridgehead atoms. The van der Waals surface area contributed by atoms with Crippen LogP contribution >= 0.6 is 11.6 Å². The minimum atomic E-state index is -1.12. The smallest absolute Gasteiger partial charge is 0.323 e. The predicted octanol–water partition coefficient (Wildman–Crippen LogP) is 5.66. The Morgan fingerprint density at radius 1 is 1.19 bits per heavy atom. The number of aliphatic carboxylic acids is 1. The summed E-state index contributed by atoms with van der Waals surface area (Å²) in [4.78, 5) is 16.9. The summed E-state index contributed by atoms with van der Waals surface area (Å²) in [6.07, 6.45) is 5.24. The van der Waals surface area contributed by atoms with Gasteiger partial charge >= 0.3 is 5.97 Å². The molecule has 1 heterocycles. The van der Waals surface area contributed by atoms with Crippen molar-refractivity contribution in [3.05, 3.63) is 88.5 Å². The molecule has 2 unspecified atom stereocenters. The number of aryl methyl sites for hydroxylation is 1. The number of hydrogen-bond acceptors (Lipinski definition) is 3. The highest BCUT2D eigenvalue weighted by Gasteiger charge is 2.35. The monoisotopic (exact) mass is 453 g/mol. The molecule has 170 valence electrons. The SMILES string of the molecule is CCCCc1ncc(C(C)NC(C)(Cc2ccccc2)C(=O)O)n1Cc1ccccc1Cl. The number of aromatic nitrogens is 2. The maximum atomic E-state index is 12.3. The van der Waals surface area contributed by atoms with Crippen LogP contribution < -0.4 is 5.32 Å². The molecule has 1 aromatic heterocycles. The molecule has 0 saturated heterocycles. The number of carboxylic acid groups (broad SMARTS) is 1. The van der Waals surface area contributed by atoms with Gasteiger partial charge in [-0.25, -0.2) is 4.98 Å². The minimum absolute atomic E-state index is 0.217. The lowest BCUT2D eigenvalue weighted by molar-refractivity contribution is -0.144. The summed E-state index contributed by atoms with van der Waals surface area (Å²) in [5, 5.41) is 14.1. The maximum Gasteiger partial charge on any atom is 0.323 e. The lowest BCUT2D eigenvalue weighted by atomic mass is 9.91. The summed E-state index contributed by atoms with van der Waals surface area (Å²) in [6, 6.07) is 17.3. The molecule has 0 amide bonds. The van der Waals surface area contributed by atoms with Crippen LogP contribution in [0.5, 0.6) is 0 Å². The Labute approximate surface area is 195 Å².